The summed E-state index contributed by atoms with van der Waals surface area (Å²) in [6, 6.07) is 68.9. The van der Waals surface area contributed by atoms with Crippen LogP contribution in [-0.2, 0) is 0 Å². The van der Waals surface area contributed by atoms with Gasteiger partial charge in [0.05, 0.1) is 33.1 Å². The van der Waals surface area contributed by atoms with Gasteiger partial charge in [0.15, 0.2) is 0 Å². The number of nitrogens with zero attached hydrogens (tertiary/aromatic N) is 3. The lowest BCUT2D eigenvalue weighted by Crippen LogP contribution is -1.97. The second kappa shape index (κ2) is 10.7. The van der Waals surface area contributed by atoms with Gasteiger partial charge >= 0.3 is 0 Å². The van der Waals surface area contributed by atoms with Crippen molar-refractivity contribution < 1.29 is 0 Å². The van der Waals surface area contributed by atoms with E-state index >= 15 is 0 Å². The highest BCUT2D eigenvalue weighted by Crippen LogP contribution is 2.47. The van der Waals surface area contributed by atoms with Gasteiger partial charge in [0, 0.05) is 60.2 Å². The van der Waals surface area contributed by atoms with Crippen LogP contribution in [-0.4, -0.2) is 13.7 Å². The molecule has 0 bridgehead atoms. The van der Waals surface area contributed by atoms with E-state index in [1.807, 2.05) is 0 Å². The van der Waals surface area contributed by atoms with Crippen LogP contribution in [0.4, 0.5) is 0 Å². The summed E-state index contributed by atoms with van der Waals surface area (Å²) < 4.78 is 7.45. The highest BCUT2D eigenvalue weighted by atomic mass is 15.0. The van der Waals surface area contributed by atoms with E-state index in [4.69, 9.17) is 0 Å². The molecule has 12 aromatic rings. The van der Waals surface area contributed by atoms with E-state index < -0.39 is 0 Å². The monoisotopic (exact) mass is 673 g/mol. The third-order valence-electron chi connectivity index (χ3n) is 11.4. The molecule has 0 radical (unpaired) electrons. The predicted molar refractivity (Wildman–Crippen MR) is 224 cm³/mol. The van der Waals surface area contributed by atoms with Gasteiger partial charge in [0.2, 0.25) is 0 Å². The molecule has 0 aliphatic rings. The van der Waals surface area contributed by atoms with E-state index in [1.54, 1.807) is 0 Å². The van der Waals surface area contributed by atoms with Gasteiger partial charge in [-0.25, -0.2) is 0 Å². The van der Waals surface area contributed by atoms with E-state index in [-0.39, 0.29) is 0 Å². The Hall–Kier alpha value is -7.10. The number of benzene rings is 9. The van der Waals surface area contributed by atoms with Crippen molar-refractivity contribution in [3.63, 3.8) is 0 Å². The zero-order valence-electron chi connectivity index (χ0n) is 28.7. The Morgan fingerprint density at radius 1 is 0.245 bits per heavy atom. The Morgan fingerprint density at radius 2 is 0.736 bits per heavy atom. The Kier molecular flexibility index (Phi) is 5.77. The number of fused-ring (bicyclic) bond motifs is 15. The highest BCUT2D eigenvalue weighted by Gasteiger charge is 2.25. The maximum Gasteiger partial charge on any atom is 0.0647 e. The quantitative estimate of drug-likeness (QED) is 0.177. The summed E-state index contributed by atoms with van der Waals surface area (Å²) in [5.41, 5.74) is 10.8. The van der Waals surface area contributed by atoms with E-state index in [9.17, 15) is 0 Å². The summed E-state index contributed by atoms with van der Waals surface area (Å²) in [5, 5.41) is 12.6. The van der Waals surface area contributed by atoms with Gasteiger partial charge in [-0.3, -0.25) is 0 Å². The molecule has 0 fully saturated rings. The Bertz CT molecular complexity index is 3430. The minimum Gasteiger partial charge on any atom is -0.309 e. The fourth-order valence-electron chi connectivity index (χ4n) is 9.26. The van der Waals surface area contributed by atoms with E-state index in [1.165, 1.54) is 87.0 Å². The molecule has 0 amide bonds. The Balaban J connectivity index is 1.29. The van der Waals surface area contributed by atoms with Crippen LogP contribution in [0.25, 0.3) is 104 Å². The van der Waals surface area contributed by atoms with Crippen LogP contribution in [0, 0.1) is 0 Å². The average Bonchev–Trinajstić information content (AvgIpc) is 3.88. The summed E-state index contributed by atoms with van der Waals surface area (Å²) in [5.74, 6) is 0. The molecule has 0 aliphatic carbocycles. The normalized spacial score (nSPS) is 12.2. The molecular weight excluding hydrogens is 643 g/mol. The zero-order chi connectivity index (χ0) is 34.6. The molecule has 9 aromatic carbocycles. The molecule has 0 unspecified atom stereocenters. The van der Waals surface area contributed by atoms with Crippen LogP contribution in [0.15, 0.2) is 188 Å². The van der Waals surface area contributed by atoms with Gasteiger partial charge in [-0.15, -0.1) is 0 Å². The van der Waals surface area contributed by atoms with Crippen LogP contribution in [0.5, 0.6) is 0 Å². The van der Waals surface area contributed by atoms with Crippen molar-refractivity contribution in [2.45, 2.75) is 0 Å². The first-order valence-corrected chi connectivity index (χ1v) is 18.3. The van der Waals surface area contributed by atoms with E-state index in [0.29, 0.717) is 0 Å². The number of hydrogen-bond acceptors (Lipinski definition) is 0. The first-order chi connectivity index (χ1) is 26.3. The molecule has 0 atom stereocenters. The molecular formula is C50H31N3. The van der Waals surface area contributed by atoms with Crippen LogP contribution >= 0.6 is 0 Å². The molecule has 246 valence electrons. The molecule has 53 heavy (non-hydrogen) atoms. The minimum absolute atomic E-state index is 1.15. The van der Waals surface area contributed by atoms with Crippen molar-refractivity contribution in [1.82, 2.24) is 13.7 Å². The molecule has 0 aliphatic heterocycles. The number of hydrogen-bond donors (Lipinski definition) is 0. The maximum atomic E-state index is 2.54. The van der Waals surface area contributed by atoms with Gasteiger partial charge in [0.25, 0.3) is 0 Å². The third kappa shape index (κ3) is 3.83. The van der Waals surface area contributed by atoms with Crippen LogP contribution in [0.3, 0.4) is 0 Å². The lowest BCUT2D eigenvalue weighted by molar-refractivity contribution is 1.17. The van der Waals surface area contributed by atoms with Crippen molar-refractivity contribution in [2.75, 3.05) is 0 Å². The van der Waals surface area contributed by atoms with Gasteiger partial charge in [0.1, 0.15) is 0 Å². The molecule has 3 heterocycles. The lowest BCUT2D eigenvalue weighted by atomic mass is 9.99. The van der Waals surface area contributed by atoms with Crippen molar-refractivity contribution in [3.8, 4) is 17.1 Å². The molecule has 3 aromatic heterocycles. The van der Waals surface area contributed by atoms with Crippen LogP contribution < -0.4 is 0 Å². The average molecular weight is 674 g/mol. The van der Waals surface area contributed by atoms with Gasteiger partial charge in [-0.1, -0.05) is 133 Å². The smallest absolute Gasteiger partial charge is 0.0647 e. The van der Waals surface area contributed by atoms with Crippen molar-refractivity contribution in [1.29, 1.82) is 0 Å². The first-order valence-electron chi connectivity index (χ1n) is 18.3. The number of para-hydroxylation sites is 4. The van der Waals surface area contributed by atoms with E-state index in [2.05, 4.69) is 202 Å². The minimum atomic E-state index is 1.15. The van der Waals surface area contributed by atoms with Crippen LogP contribution in [0.2, 0.25) is 0 Å². The fourth-order valence-corrected chi connectivity index (χ4v) is 9.26. The topological polar surface area (TPSA) is 14.8 Å². The van der Waals surface area contributed by atoms with Gasteiger partial charge < -0.3 is 13.7 Å². The van der Waals surface area contributed by atoms with Gasteiger partial charge in [-0.2, -0.15) is 0 Å². The van der Waals surface area contributed by atoms with E-state index in [0.717, 1.165) is 17.1 Å². The number of aromatic nitrogens is 3. The summed E-state index contributed by atoms with van der Waals surface area (Å²) >= 11 is 0. The second-order valence-electron chi connectivity index (χ2n) is 14.1. The second-order valence-corrected chi connectivity index (χ2v) is 14.1. The molecule has 3 heteroatoms. The summed E-state index contributed by atoms with van der Waals surface area (Å²) in [6.45, 7) is 0. The largest absolute Gasteiger partial charge is 0.309 e. The third-order valence-corrected chi connectivity index (χ3v) is 11.4. The number of rotatable bonds is 3. The Morgan fingerprint density at radius 3 is 1.43 bits per heavy atom. The van der Waals surface area contributed by atoms with Crippen molar-refractivity contribution >= 4 is 87.0 Å². The molecule has 0 spiro atoms. The Labute approximate surface area is 304 Å². The van der Waals surface area contributed by atoms with Crippen molar-refractivity contribution in [2.24, 2.45) is 0 Å². The summed E-state index contributed by atoms with van der Waals surface area (Å²) in [7, 11) is 0. The lowest BCUT2D eigenvalue weighted by Gasteiger charge is -2.13. The molecule has 0 saturated heterocycles. The first kappa shape index (κ1) is 28.6. The standard InChI is InChI=1S/C50H31N3/c1-3-16-33(17-4-1)51-45-30-28-35(31-42(45)39-29-27-32-15-7-8-20-36(32)48(39)51)53-43-25-13-11-23-40(43)46-37-21-9-10-22-38(37)49-47(50(46)53)41-24-12-14-26-44(41)52(49)34-18-5-2-6-19-34/h1-31H. The van der Waals surface area contributed by atoms with Crippen molar-refractivity contribution in [3.05, 3.63) is 188 Å². The predicted octanol–water partition coefficient (Wildman–Crippen LogP) is 13.3. The maximum absolute atomic E-state index is 2.54. The molecule has 0 saturated carbocycles. The fraction of sp³-hybridized carbons (Fsp3) is 0. The van der Waals surface area contributed by atoms with Crippen LogP contribution in [0.1, 0.15) is 0 Å². The molecule has 0 N–H and O–H groups in total. The zero-order valence-corrected chi connectivity index (χ0v) is 28.7. The highest BCUT2D eigenvalue weighted by molar-refractivity contribution is 6.36. The molecule has 3 nitrogen and oxygen atoms in total. The molecule has 12 rings (SSSR count). The summed E-state index contributed by atoms with van der Waals surface area (Å²) in [6.07, 6.45) is 0. The summed E-state index contributed by atoms with van der Waals surface area (Å²) in [4.78, 5) is 0. The van der Waals surface area contributed by atoms with Gasteiger partial charge in [-0.05, 0) is 65.4 Å². The SMILES string of the molecule is c1ccc(-n2c3ccc(-n4c5ccccc5c5c6ccccc6c6c(c7ccccc7n6-c6ccccc6)c54)cc3c3ccc4ccccc4c32)cc1.